The highest BCUT2D eigenvalue weighted by Gasteiger charge is 2.10. The Labute approximate surface area is 266 Å². The minimum atomic E-state index is 0.363. The highest BCUT2D eigenvalue weighted by molar-refractivity contribution is 5.01. The monoisotopic (exact) mass is 613 g/mol. The van der Waals surface area contributed by atoms with E-state index >= 15 is 0 Å². The predicted molar refractivity (Wildman–Crippen MR) is 178 cm³/mol. The molecule has 248 valence electrons. The van der Waals surface area contributed by atoms with Crippen molar-refractivity contribution >= 4 is 0 Å². The third kappa shape index (κ3) is 12.7. The van der Waals surface area contributed by atoms with Gasteiger partial charge in [0.2, 0.25) is 0 Å². The standard InChI is InChI=1S/4C8H15N3/c1-6(2)8-9-5-11(10-8)7(3)4;1-6(2)8-5-11(7(3)4)10-9-8;1-6(2)8-5-9-10-11(8)7(3)4;1-6(2)8-5-9-11(10-8)7(3)4/h4*5-7H,1-4H3. The molecule has 0 aliphatic heterocycles. The lowest BCUT2D eigenvalue weighted by molar-refractivity contribution is 0.461. The second-order valence-corrected chi connectivity index (χ2v) is 13.4. The molecule has 4 aromatic heterocycles. The third-order valence-electron chi connectivity index (χ3n) is 6.48. The highest BCUT2D eigenvalue weighted by atomic mass is 15.5. The van der Waals surface area contributed by atoms with E-state index in [1.807, 2.05) is 32.6 Å². The van der Waals surface area contributed by atoms with Gasteiger partial charge in [0.15, 0.2) is 5.82 Å². The topological polar surface area (TPSA) is 123 Å². The first-order chi connectivity index (χ1) is 20.5. The number of hydrogen-bond donors (Lipinski definition) is 0. The number of rotatable bonds is 8. The van der Waals surface area contributed by atoms with E-state index in [1.165, 1.54) is 5.69 Å². The summed E-state index contributed by atoms with van der Waals surface area (Å²) in [7, 11) is 0. The van der Waals surface area contributed by atoms with Crippen molar-refractivity contribution < 1.29 is 0 Å². The van der Waals surface area contributed by atoms with Crippen LogP contribution in [-0.2, 0) is 0 Å². The molecule has 0 aliphatic rings. The van der Waals surface area contributed by atoms with Crippen LogP contribution in [0.1, 0.15) is 182 Å². The molecule has 0 aromatic carbocycles. The molecule has 0 saturated heterocycles. The molecule has 0 aliphatic carbocycles. The summed E-state index contributed by atoms with van der Waals surface area (Å²) >= 11 is 0. The minimum Gasteiger partial charge on any atom is -0.250 e. The average Bonchev–Trinajstić information content (AvgIpc) is 3.76. The number of nitrogens with zero attached hydrogens (tertiary/aromatic N) is 12. The van der Waals surface area contributed by atoms with E-state index < -0.39 is 0 Å². The molecule has 0 N–H and O–H groups in total. The van der Waals surface area contributed by atoms with Gasteiger partial charge in [-0.15, -0.1) is 10.2 Å². The van der Waals surface area contributed by atoms with Crippen molar-refractivity contribution in [2.75, 3.05) is 0 Å². The van der Waals surface area contributed by atoms with Gasteiger partial charge in [-0.3, -0.25) is 4.68 Å². The summed E-state index contributed by atoms with van der Waals surface area (Å²) in [6.45, 7) is 33.7. The molecule has 44 heavy (non-hydrogen) atoms. The lowest BCUT2D eigenvalue weighted by Crippen LogP contribution is -2.08. The van der Waals surface area contributed by atoms with Gasteiger partial charge in [0.25, 0.3) is 0 Å². The quantitative estimate of drug-likeness (QED) is 0.196. The first kappa shape index (κ1) is 38.6. The average molecular weight is 613 g/mol. The molecule has 4 rings (SSSR count). The summed E-state index contributed by atoms with van der Waals surface area (Å²) < 4.78 is 5.73. The van der Waals surface area contributed by atoms with Gasteiger partial charge in [-0.1, -0.05) is 65.8 Å². The van der Waals surface area contributed by atoms with Gasteiger partial charge in [-0.05, 0) is 73.1 Å². The molecule has 0 unspecified atom stereocenters. The van der Waals surface area contributed by atoms with E-state index in [0.29, 0.717) is 47.8 Å². The maximum absolute atomic E-state index is 4.31. The van der Waals surface area contributed by atoms with Crippen LogP contribution in [0.3, 0.4) is 0 Å². The van der Waals surface area contributed by atoms with Crippen LogP contribution >= 0.6 is 0 Å². The van der Waals surface area contributed by atoms with Crippen LogP contribution < -0.4 is 0 Å². The first-order valence-corrected chi connectivity index (χ1v) is 16.1. The summed E-state index contributed by atoms with van der Waals surface area (Å²) in [5, 5.41) is 28.7. The Morgan fingerprint density at radius 2 is 1.14 bits per heavy atom. The SMILES string of the molecule is CC(C)c1cn(C(C)C)nn1.CC(C)c1cnn(C(C)C)n1.CC(C)c1cnnn1C(C)C.CC(C)c1ncn(C(C)C)n1. The second-order valence-electron chi connectivity index (χ2n) is 13.4. The normalized spacial score (nSPS) is 11.5. The number of aromatic nitrogens is 12. The molecule has 12 heteroatoms. The Morgan fingerprint density at radius 3 is 1.43 bits per heavy atom. The molecule has 4 heterocycles. The van der Waals surface area contributed by atoms with E-state index in [4.69, 9.17) is 0 Å². The van der Waals surface area contributed by atoms with E-state index in [0.717, 1.165) is 17.2 Å². The summed E-state index contributed by atoms with van der Waals surface area (Å²) in [6, 6.07) is 1.60. The summed E-state index contributed by atoms with van der Waals surface area (Å²) in [5.41, 5.74) is 3.34. The van der Waals surface area contributed by atoms with Gasteiger partial charge in [0.1, 0.15) is 6.33 Å². The van der Waals surface area contributed by atoms with Crippen molar-refractivity contribution in [1.82, 2.24) is 59.7 Å². The van der Waals surface area contributed by atoms with Crippen molar-refractivity contribution in [3.05, 3.63) is 47.8 Å². The lowest BCUT2D eigenvalue weighted by atomic mass is 10.1. The molecule has 0 saturated carbocycles. The Morgan fingerprint density at radius 1 is 0.545 bits per heavy atom. The van der Waals surface area contributed by atoms with Crippen molar-refractivity contribution in [3.63, 3.8) is 0 Å². The van der Waals surface area contributed by atoms with Crippen molar-refractivity contribution in [3.8, 4) is 0 Å². The van der Waals surface area contributed by atoms with Crippen LogP contribution in [-0.4, -0.2) is 59.7 Å². The largest absolute Gasteiger partial charge is 0.250 e. The van der Waals surface area contributed by atoms with Gasteiger partial charge < -0.3 is 0 Å². The predicted octanol–water partition coefficient (Wildman–Crippen LogP) is 7.93. The molecule has 0 atom stereocenters. The zero-order chi connectivity index (χ0) is 33.7. The van der Waals surface area contributed by atoms with Gasteiger partial charge >= 0.3 is 0 Å². The molecule has 0 amide bonds. The Balaban J connectivity index is 0.000000293. The van der Waals surface area contributed by atoms with E-state index in [2.05, 4.69) is 152 Å². The summed E-state index contributed by atoms with van der Waals surface area (Å²) in [4.78, 5) is 5.93. The van der Waals surface area contributed by atoms with Gasteiger partial charge in [-0.2, -0.15) is 20.1 Å². The summed E-state index contributed by atoms with van der Waals surface area (Å²) in [6.07, 6.45) is 7.48. The van der Waals surface area contributed by atoms with Crippen LogP contribution in [0.15, 0.2) is 24.9 Å². The third-order valence-corrected chi connectivity index (χ3v) is 6.48. The Kier molecular flexibility index (Phi) is 16.1. The fourth-order valence-electron chi connectivity index (χ4n) is 3.48. The maximum atomic E-state index is 4.31. The van der Waals surface area contributed by atoms with E-state index in [-0.39, 0.29) is 0 Å². The Bertz CT molecular complexity index is 1090. The zero-order valence-electron chi connectivity index (χ0n) is 30.3. The smallest absolute Gasteiger partial charge is 0.153 e. The van der Waals surface area contributed by atoms with Crippen LogP contribution in [0, 0.1) is 0 Å². The second kappa shape index (κ2) is 18.4. The molecule has 0 fully saturated rings. The molecule has 0 radical (unpaired) electrons. The fourth-order valence-corrected chi connectivity index (χ4v) is 3.48. The molecule has 0 bridgehead atoms. The maximum Gasteiger partial charge on any atom is 0.153 e. The van der Waals surface area contributed by atoms with Crippen molar-refractivity contribution in [2.24, 2.45) is 0 Å². The van der Waals surface area contributed by atoms with E-state index in [1.54, 1.807) is 11.1 Å². The summed E-state index contributed by atoms with van der Waals surface area (Å²) in [5.74, 6) is 2.81. The van der Waals surface area contributed by atoms with E-state index in [9.17, 15) is 0 Å². The zero-order valence-corrected chi connectivity index (χ0v) is 30.3. The Hall–Kier alpha value is -3.44. The highest BCUT2D eigenvalue weighted by Crippen LogP contribution is 2.16. The molecular formula is C32H60N12. The lowest BCUT2D eigenvalue weighted by Gasteiger charge is -2.10. The molecule has 12 nitrogen and oxygen atoms in total. The van der Waals surface area contributed by atoms with Crippen molar-refractivity contribution in [1.29, 1.82) is 0 Å². The number of hydrogen-bond acceptors (Lipinski definition) is 8. The van der Waals surface area contributed by atoms with Gasteiger partial charge in [-0.25, -0.2) is 14.3 Å². The van der Waals surface area contributed by atoms with Crippen molar-refractivity contribution in [2.45, 2.75) is 159 Å². The molecule has 4 aromatic rings. The van der Waals surface area contributed by atoms with Gasteiger partial charge in [0.05, 0.1) is 35.5 Å². The molecular weight excluding hydrogens is 552 g/mol. The van der Waals surface area contributed by atoms with Gasteiger partial charge in [0, 0.05) is 30.2 Å². The van der Waals surface area contributed by atoms with Crippen LogP contribution in [0.25, 0.3) is 0 Å². The molecule has 0 spiro atoms. The van der Waals surface area contributed by atoms with Crippen LogP contribution in [0.4, 0.5) is 0 Å². The fraction of sp³-hybridized carbons (Fsp3) is 0.750. The first-order valence-electron chi connectivity index (χ1n) is 16.1. The van der Waals surface area contributed by atoms with Crippen LogP contribution in [0.5, 0.6) is 0 Å². The van der Waals surface area contributed by atoms with Crippen LogP contribution in [0.2, 0.25) is 0 Å². The minimum absolute atomic E-state index is 0.363.